The smallest absolute Gasteiger partial charge is 0.305 e. The quantitative estimate of drug-likeness (QED) is 0.650. The van der Waals surface area contributed by atoms with E-state index in [2.05, 4.69) is 5.32 Å². The Morgan fingerprint density at radius 3 is 2.59 bits per heavy atom. The summed E-state index contributed by atoms with van der Waals surface area (Å²) in [5.41, 5.74) is -1.46. The lowest BCUT2D eigenvalue weighted by atomic mass is 10.1. The summed E-state index contributed by atoms with van der Waals surface area (Å²) >= 11 is 0. The highest BCUT2D eigenvalue weighted by molar-refractivity contribution is 5.95. The molecule has 0 spiro atoms. The number of nitro benzene ring substituents is 1. The Morgan fingerprint density at radius 2 is 2.06 bits per heavy atom. The van der Waals surface area contributed by atoms with Gasteiger partial charge in [-0.2, -0.15) is 4.39 Å². The molecule has 0 radical (unpaired) electrons. The molecule has 92 valence electrons. The van der Waals surface area contributed by atoms with E-state index < -0.39 is 33.7 Å². The van der Waals surface area contributed by atoms with Crippen molar-refractivity contribution in [2.45, 2.75) is 13.3 Å². The van der Waals surface area contributed by atoms with E-state index >= 15 is 0 Å². The highest BCUT2D eigenvalue weighted by Gasteiger charge is 2.21. The maximum absolute atomic E-state index is 13.2. The molecule has 0 saturated heterocycles. The summed E-state index contributed by atoms with van der Waals surface area (Å²) in [7, 11) is 0. The summed E-state index contributed by atoms with van der Waals surface area (Å²) in [4.78, 5) is 20.8. The van der Waals surface area contributed by atoms with Gasteiger partial charge in [-0.1, -0.05) is 6.92 Å². The van der Waals surface area contributed by atoms with Gasteiger partial charge in [-0.05, 0) is 6.42 Å². The molecule has 1 rings (SSSR count). The summed E-state index contributed by atoms with van der Waals surface area (Å²) in [6.07, 6.45) is 0.636. The van der Waals surface area contributed by atoms with Gasteiger partial charge in [0, 0.05) is 18.7 Å². The third kappa shape index (κ3) is 2.96. The average molecular weight is 244 g/mol. The van der Waals surface area contributed by atoms with Crippen LogP contribution in [0.3, 0.4) is 0 Å². The van der Waals surface area contributed by atoms with Crippen molar-refractivity contribution in [1.29, 1.82) is 0 Å². The maximum Gasteiger partial charge on any atom is 0.305 e. The Balaban J connectivity index is 3.11. The fraction of sp³-hybridized carbons (Fsp3) is 0.300. The number of halogens is 2. The van der Waals surface area contributed by atoms with Crippen LogP contribution in [0.5, 0.6) is 0 Å². The van der Waals surface area contributed by atoms with Gasteiger partial charge in [-0.15, -0.1) is 0 Å². The number of amides is 1. The summed E-state index contributed by atoms with van der Waals surface area (Å²) < 4.78 is 26.2. The molecule has 0 aromatic heterocycles. The van der Waals surface area contributed by atoms with Crippen LogP contribution >= 0.6 is 0 Å². The summed E-state index contributed by atoms with van der Waals surface area (Å²) in [5.74, 6) is -3.23. The van der Waals surface area contributed by atoms with E-state index in [1.807, 2.05) is 0 Å². The topological polar surface area (TPSA) is 72.2 Å². The molecule has 0 aliphatic carbocycles. The van der Waals surface area contributed by atoms with Gasteiger partial charge in [0.1, 0.15) is 5.82 Å². The maximum atomic E-state index is 13.2. The van der Waals surface area contributed by atoms with E-state index in [-0.39, 0.29) is 0 Å². The highest BCUT2D eigenvalue weighted by atomic mass is 19.1. The van der Waals surface area contributed by atoms with Crippen LogP contribution in [0.2, 0.25) is 0 Å². The first-order chi connectivity index (χ1) is 7.97. The molecule has 0 aliphatic rings. The Morgan fingerprint density at radius 1 is 1.41 bits per heavy atom. The minimum atomic E-state index is -1.31. The molecular weight excluding hydrogens is 234 g/mol. The zero-order chi connectivity index (χ0) is 13.0. The third-order valence-corrected chi connectivity index (χ3v) is 2.01. The fourth-order valence-corrected chi connectivity index (χ4v) is 1.19. The fourth-order valence-electron chi connectivity index (χ4n) is 1.19. The monoisotopic (exact) mass is 244 g/mol. The summed E-state index contributed by atoms with van der Waals surface area (Å²) in [6, 6.07) is 0.925. The van der Waals surface area contributed by atoms with Gasteiger partial charge in [0.25, 0.3) is 5.91 Å². The Labute approximate surface area is 95.6 Å². The third-order valence-electron chi connectivity index (χ3n) is 2.01. The number of nitro groups is 1. The first-order valence-corrected chi connectivity index (χ1v) is 4.89. The molecule has 1 aromatic carbocycles. The normalized spacial score (nSPS) is 10.1. The molecule has 1 aromatic rings. The van der Waals surface area contributed by atoms with Crippen LogP contribution in [0.15, 0.2) is 12.1 Å². The van der Waals surface area contributed by atoms with Crippen molar-refractivity contribution in [2.24, 2.45) is 0 Å². The lowest BCUT2D eigenvalue weighted by Crippen LogP contribution is -2.25. The van der Waals surface area contributed by atoms with Crippen LogP contribution in [0.1, 0.15) is 23.7 Å². The van der Waals surface area contributed by atoms with E-state index in [0.29, 0.717) is 25.1 Å². The molecule has 0 fully saturated rings. The minimum Gasteiger partial charge on any atom is -0.352 e. The van der Waals surface area contributed by atoms with Crippen LogP contribution in [0.25, 0.3) is 0 Å². The molecule has 0 unspecified atom stereocenters. The zero-order valence-electron chi connectivity index (χ0n) is 9.00. The first-order valence-electron chi connectivity index (χ1n) is 4.89. The van der Waals surface area contributed by atoms with Crippen molar-refractivity contribution in [3.63, 3.8) is 0 Å². The number of rotatable bonds is 4. The predicted octanol–water partition coefficient (Wildman–Crippen LogP) is 2.01. The number of nitrogens with zero attached hydrogens (tertiary/aromatic N) is 1. The van der Waals surface area contributed by atoms with E-state index in [0.717, 1.165) is 0 Å². The van der Waals surface area contributed by atoms with Gasteiger partial charge in [0.15, 0.2) is 0 Å². The number of nitrogens with one attached hydrogen (secondary N) is 1. The average Bonchev–Trinajstić information content (AvgIpc) is 2.25. The van der Waals surface area contributed by atoms with E-state index in [1.54, 1.807) is 6.92 Å². The predicted molar refractivity (Wildman–Crippen MR) is 55.6 cm³/mol. The van der Waals surface area contributed by atoms with Crippen LogP contribution < -0.4 is 5.32 Å². The molecule has 5 nitrogen and oxygen atoms in total. The highest BCUT2D eigenvalue weighted by Crippen LogP contribution is 2.21. The van der Waals surface area contributed by atoms with Crippen molar-refractivity contribution >= 4 is 11.6 Å². The van der Waals surface area contributed by atoms with Gasteiger partial charge in [-0.25, -0.2) is 4.39 Å². The second-order valence-electron chi connectivity index (χ2n) is 3.30. The van der Waals surface area contributed by atoms with Crippen molar-refractivity contribution < 1.29 is 18.5 Å². The first kappa shape index (κ1) is 13.0. The molecule has 0 bridgehead atoms. The molecule has 0 atom stereocenters. The molecule has 0 saturated carbocycles. The van der Waals surface area contributed by atoms with Crippen LogP contribution in [0, 0.1) is 21.7 Å². The van der Waals surface area contributed by atoms with Crippen LogP contribution in [0.4, 0.5) is 14.5 Å². The van der Waals surface area contributed by atoms with Gasteiger partial charge in [-0.3, -0.25) is 14.9 Å². The van der Waals surface area contributed by atoms with Crippen LogP contribution in [-0.4, -0.2) is 17.4 Å². The minimum absolute atomic E-state index is 0.309. The number of benzene rings is 1. The second kappa shape index (κ2) is 5.33. The van der Waals surface area contributed by atoms with Crippen molar-refractivity contribution in [2.75, 3.05) is 6.54 Å². The van der Waals surface area contributed by atoms with E-state index in [1.165, 1.54) is 0 Å². The molecule has 7 heteroatoms. The van der Waals surface area contributed by atoms with Crippen molar-refractivity contribution in [1.82, 2.24) is 5.32 Å². The SMILES string of the molecule is CCCNC(=O)c1cc([N+](=O)[O-])c(F)cc1F. The Kier molecular flexibility index (Phi) is 4.08. The second-order valence-corrected chi connectivity index (χ2v) is 3.30. The van der Waals surface area contributed by atoms with Gasteiger partial charge in [0.2, 0.25) is 5.82 Å². The van der Waals surface area contributed by atoms with Gasteiger partial charge < -0.3 is 5.32 Å². The standard InChI is InChI=1S/C10H10F2N2O3/c1-2-3-13-10(15)6-4-9(14(16)17)8(12)5-7(6)11/h4-5H,2-3H2,1H3,(H,13,15). The van der Waals surface area contributed by atoms with E-state index in [4.69, 9.17) is 0 Å². The lowest BCUT2D eigenvalue weighted by Gasteiger charge is -2.04. The Hall–Kier alpha value is -2.05. The molecule has 1 amide bonds. The van der Waals surface area contributed by atoms with Crippen molar-refractivity contribution in [3.05, 3.63) is 39.4 Å². The molecule has 1 N–H and O–H groups in total. The number of hydrogen-bond donors (Lipinski definition) is 1. The summed E-state index contributed by atoms with van der Waals surface area (Å²) in [5, 5.41) is 12.8. The lowest BCUT2D eigenvalue weighted by molar-refractivity contribution is -0.387. The number of carbonyl (C=O) groups is 1. The Bertz CT molecular complexity index is 463. The van der Waals surface area contributed by atoms with Crippen molar-refractivity contribution in [3.8, 4) is 0 Å². The molecule has 0 aliphatic heterocycles. The number of hydrogen-bond acceptors (Lipinski definition) is 3. The van der Waals surface area contributed by atoms with E-state index in [9.17, 15) is 23.7 Å². The van der Waals surface area contributed by atoms with Gasteiger partial charge >= 0.3 is 5.69 Å². The molecule has 0 heterocycles. The van der Waals surface area contributed by atoms with Gasteiger partial charge in [0.05, 0.1) is 10.5 Å². The molecular formula is C10H10F2N2O3. The summed E-state index contributed by atoms with van der Waals surface area (Å²) in [6.45, 7) is 2.10. The molecule has 17 heavy (non-hydrogen) atoms. The largest absolute Gasteiger partial charge is 0.352 e. The van der Waals surface area contributed by atoms with Crippen LogP contribution in [-0.2, 0) is 0 Å². The zero-order valence-corrected chi connectivity index (χ0v) is 9.00. The number of carbonyl (C=O) groups excluding carboxylic acids is 1.